The van der Waals surface area contributed by atoms with Crippen LogP contribution in [0.4, 0.5) is 26.6 Å². The number of hydrogen-bond donors (Lipinski definition) is 1. The van der Waals surface area contributed by atoms with Crippen LogP contribution in [0.2, 0.25) is 0 Å². The van der Waals surface area contributed by atoms with Crippen LogP contribution >= 0.6 is 0 Å². The molecular weight excluding hydrogens is 537 g/mol. The second-order valence-corrected chi connectivity index (χ2v) is 11.8. The fourth-order valence-corrected chi connectivity index (χ4v) is 5.54. The molecule has 0 bridgehead atoms. The highest BCUT2D eigenvalue weighted by Crippen LogP contribution is 2.35. The van der Waals surface area contributed by atoms with E-state index < -0.39 is 23.7 Å². The van der Waals surface area contributed by atoms with E-state index in [9.17, 15) is 14.0 Å². The summed E-state index contributed by atoms with van der Waals surface area (Å²) in [7, 11) is 0. The van der Waals surface area contributed by atoms with Gasteiger partial charge in [-0.25, -0.2) is 19.0 Å². The number of rotatable bonds is 6. The molecule has 2 aliphatic heterocycles. The first-order valence-electron chi connectivity index (χ1n) is 14.4. The molecule has 9 nitrogen and oxygen atoms in total. The molecule has 5 rings (SSSR count). The Bertz CT molecular complexity index is 1460. The number of ether oxygens (including phenoxy) is 2. The quantitative estimate of drug-likeness (QED) is 0.346. The Morgan fingerprint density at radius 2 is 1.81 bits per heavy atom. The first-order chi connectivity index (χ1) is 20.0. The van der Waals surface area contributed by atoms with Crippen molar-refractivity contribution in [1.82, 2.24) is 14.9 Å². The number of fused-ring (bicyclic) bond motifs is 1. The summed E-state index contributed by atoms with van der Waals surface area (Å²) in [4.78, 5) is 39.2. The number of halogens is 1. The van der Waals surface area contributed by atoms with Gasteiger partial charge in [0.15, 0.2) is 0 Å². The third kappa shape index (κ3) is 6.48. The molecule has 1 saturated heterocycles. The van der Waals surface area contributed by atoms with Gasteiger partial charge in [-0.15, -0.1) is 0 Å². The van der Waals surface area contributed by atoms with E-state index >= 15 is 0 Å². The van der Waals surface area contributed by atoms with Gasteiger partial charge in [-0.1, -0.05) is 24.3 Å². The lowest BCUT2D eigenvalue weighted by molar-refractivity contribution is -0.150. The Hall–Kier alpha value is -4.21. The van der Waals surface area contributed by atoms with Gasteiger partial charge in [0, 0.05) is 24.3 Å². The maximum absolute atomic E-state index is 13.5. The van der Waals surface area contributed by atoms with Gasteiger partial charge in [-0.3, -0.25) is 4.90 Å². The Kier molecular flexibility index (Phi) is 8.34. The number of nitrogens with zero attached hydrogens (tertiary/aromatic N) is 4. The molecule has 10 heteroatoms. The highest BCUT2D eigenvalue weighted by Gasteiger charge is 2.38. The zero-order chi connectivity index (χ0) is 30.0. The van der Waals surface area contributed by atoms with Crippen molar-refractivity contribution in [2.45, 2.75) is 78.2 Å². The smallest absolute Gasteiger partial charge is 0.411 e. The van der Waals surface area contributed by atoms with E-state index in [0.29, 0.717) is 36.7 Å². The van der Waals surface area contributed by atoms with Gasteiger partial charge in [-0.2, -0.15) is 4.98 Å². The summed E-state index contributed by atoms with van der Waals surface area (Å²) in [6.07, 6.45) is 1.55. The zero-order valence-electron chi connectivity index (χ0n) is 24.8. The van der Waals surface area contributed by atoms with Gasteiger partial charge < -0.3 is 19.7 Å². The number of amides is 1. The standard InChI is InChI=1S/C32H38FN5O4/c1-20-26(19-41-29(39)27-11-8-17-38(27)31(40)42-32(3,4)5)35-30(34-24-14-12-23(33)13-15-24)36-28(20)37-18-16-22-9-6-7-10-25(22)21(37)2/h6-7,9-10,12-15,21,27H,8,11,16-19H2,1-5H3,(H,34,35,36)/t21?,27-/m1/s1. The first kappa shape index (κ1) is 29.3. The van der Waals surface area contributed by atoms with Crippen molar-refractivity contribution >= 4 is 29.5 Å². The molecule has 1 aromatic heterocycles. The molecule has 222 valence electrons. The maximum Gasteiger partial charge on any atom is 0.411 e. The number of benzene rings is 2. The largest absolute Gasteiger partial charge is 0.458 e. The van der Waals surface area contributed by atoms with Crippen LogP contribution in [-0.4, -0.2) is 51.7 Å². The van der Waals surface area contributed by atoms with E-state index in [-0.39, 0.29) is 18.5 Å². The topological polar surface area (TPSA) is 96.9 Å². The molecule has 3 aromatic rings. The number of hydrogen-bond acceptors (Lipinski definition) is 8. The van der Waals surface area contributed by atoms with Crippen LogP contribution in [0.1, 0.15) is 69.0 Å². The molecule has 0 spiro atoms. The molecule has 1 amide bonds. The van der Waals surface area contributed by atoms with Crippen molar-refractivity contribution in [3.8, 4) is 0 Å². The number of likely N-dealkylation sites (tertiary alicyclic amines) is 1. The van der Waals surface area contributed by atoms with Gasteiger partial charge in [0.1, 0.15) is 29.9 Å². The van der Waals surface area contributed by atoms with Crippen LogP contribution in [0.15, 0.2) is 48.5 Å². The first-order valence-corrected chi connectivity index (χ1v) is 14.4. The van der Waals surface area contributed by atoms with E-state index in [1.165, 1.54) is 28.2 Å². The van der Waals surface area contributed by atoms with Crippen molar-refractivity contribution in [2.75, 3.05) is 23.3 Å². The van der Waals surface area contributed by atoms with Crippen molar-refractivity contribution in [2.24, 2.45) is 0 Å². The highest BCUT2D eigenvalue weighted by atomic mass is 19.1. The van der Waals surface area contributed by atoms with E-state index in [4.69, 9.17) is 19.4 Å². The molecular formula is C32H38FN5O4. The summed E-state index contributed by atoms with van der Waals surface area (Å²) < 4.78 is 24.8. The van der Waals surface area contributed by atoms with E-state index in [1.54, 1.807) is 32.9 Å². The summed E-state index contributed by atoms with van der Waals surface area (Å²) in [5.74, 6) is 0.215. The molecule has 2 aromatic carbocycles. The van der Waals surface area contributed by atoms with Gasteiger partial charge in [0.25, 0.3) is 0 Å². The predicted molar refractivity (Wildman–Crippen MR) is 158 cm³/mol. The van der Waals surface area contributed by atoms with Crippen LogP contribution in [0.3, 0.4) is 0 Å². The van der Waals surface area contributed by atoms with Gasteiger partial charge in [0.2, 0.25) is 5.95 Å². The summed E-state index contributed by atoms with van der Waals surface area (Å²) >= 11 is 0. The Morgan fingerprint density at radius 3 is 2.55 bits per heavy atom. The number of carbonyl (C=O) groups is 2. The average Bonchev–Trinajstić information content (AvgIpc) is 3.45. The lowest BCUT2D eigenvalue weighted by Crippen LogP contribution is -2.44. The zero-order valence-corrected chi connectivity index (χ0v) is 24.8. The third-order valence-corrected chi connectivity index (χ3v) is 7.69. The second kappa shape index (κ2) is 12.0. The van der Waals surface area contributed by atoms with E-state index in [1.807, 2.05) is 13.0 Å². The minimum Gasteiger partial charge on any atom is -0.458 e. The van der Waals surface area contributed by atoms with Gasteiger partial charge >= 0.3 is 12.1 Å². The second-order valence-electron chi connectivity index (χ2n) is 11.8. The van der Waals surface area contributed by atoms with Crippen LogP contribution < -0.4 is 10.2 Å². The minimum atomic E-state index is -0.711. The third-order valence-electron chi connectivity index (χ3n) is 7.69. The van der Waals surface area contributed by atoms with Crippen molar-refractivity contribution < 1.29 is 23.5 Å². The lowest BCUT2D eigenvalue weighted by atomic mass is 9.93. The van der Waals surface area contributed by atoms with Crippen LogP contribution in [-0.2, 0) is 27.3 Å². The normalized spacial score (nSPS) is 18.4. The highest BCUT2D eigenvalue weighted by molar-refractivity contribution is 5.82. The van der Waals surface area contributed by atoms with Crippen molar-refractivity contribution in [3.63, 3.8) is 0 Å². The Labute approximate surface area is 246 Å². The molecule has 3 heterocycles. The fraction of sp³-hybridized carbons (Fsp3) is 0.438. The number of nitrogens with one attached hydrogen (secondary N) is 1. The molecule has 0 saturated carbocycles. The maximum atomic E-state index is 13.5. The molecule has 1 fully saturated rings. The molecule has 42 heavy (non-hydrogen) atoms. The fourth-order valence-electron chi connectivity index (χ4n) is 5.54. The summed E-state index contributed by atoms with van der Waals surface area (Å²) in [5, 5.41) is 3.17. The number of aromatic nitrogens is 2. The lowest BCUT2D eigenvalue weighted by Gasteiger charge is -2.37. The van der Waals surface area contributed by atoms with Crippen LogP contribution in [0.5, 0.6) is 0 Å². The van der Waals surface area contributed by atoms with Gasteiger partial charge in [0.05, 0.1) is 11.7 Å². The van der Waals surface area contributed by atoms with Crippen molar-refractivity contribution in [1.29, 1.82) is 0 Å². The number of esters is 1. The predicted octanol–water partition coefficient (Wildman–Crippen LogP) is 6.23. The minimum absolute atomic E-state index is 0.0681. The Balaban J connectivity index is 1.40. The number of carbonyl (C=O) groups excluding carboxylic acids is 2. The molecule has 0 radical (unpaired) electrons. The SMILES string of the molecule is Cc1c(COC(=O)[C@H]2CCCN2C(=O)OC(C)(C)C)nc(Nc2ccc(F)cc2)nc1N1CCc2ccccc2C1C. The summed E-state index contributed by atoms with van der Waals surface area (Å²) in [5.41, 5.74) is 3.87. The average molecular weight is 576 g/mol. The van der Waals surface area contributed by atoms with Crippen molar-refractivity contribution in [3.05, 3.63) is 76.7 Å². The number of anilines is 3. The molecule has 2 atom stereocenters. The van der Waals surface area contributed by atoms with Crippen LogP contribution in [0, 0.1) is 12.7 Å². The van der Waals surface area contributed by atoms with Gasteiger partial charge in [-0.05, 0) is 89.3 Å². The molecule has 1 N–H and O–H groups in total. The summed E-state index contributed by atoms with van der Waals surface area (Å²) in [6, 6.07) is 13.7. The van der Waals surface area contributed by atoms with E-state index in [2.05, 4.69) is 35.3 Å². The van der Waals surface area contributed by atoms with Crippen LogP contribution in [0.25, 0.3) is 0 Å². The summed E-state index contributed by atoms with van der Waals surface area (Å²) in [6.45, 7) is 10.6. The molecule has 0 aliphatic carbocycles. The van der Waals surface area contributed by atoms with E-state index in [0.717, 1.165) is 24.3 Å². The molecule has 2 aliphatic rings. The monoisotopic (exact) mass is 575 g/mol. The Morgan fingerprint density at radius 1 is 1.07 bits per heavy atom. The molecule has 1 unspecified atom stereocenters.